The van der Waals surface area contributed by atoms with E-state index >= 15 is 0 Å². The maximum Gasteiger partial charge on any atom is 0.126 e. The number of nitrogens with one attached hydrogen (secondary N) is 1. The summed E-state index contributed by atoms with van der Waals surface area (Å²) in [5.41, 5.74) is 0.722. The van der Waals surface area contributed by atoms with Crippen molar-refractivity contribution in [3.63, 3.8) is 0 Å². The number of hydrogen-bond acceptors (Lipinski definition) is 3. The average molecular weight is 199 g/mol. The quantitative estimate of drug-likeness (QED) is 0.779. The summed E-state index contributed by atoms with van der Waals surface area (Å²) in [6, 6.07) is 2.36. The van der Waals surface area contributed by atoms with E-state index in [1.807, 2.05) is 0 Å². The van der Waals surface area contributed by atoms with Crippen molar-refractivity contribution in [3.05, 3.63) is 22.8 Å². The van der Waals surface area contributed by atoms with Gasteiger partial charge in [0, 0.05) is 17.8 Å². The van der Waals surface area contributed by atoms with Crippen LogP contribution in [0.5, 0.6) is 0 Å². The van der Waals surface area contributed by atoms with Crippen molar-refractivity contribution in [1.29, 1.82) is 0 Å². The zero-order valence-corrected chi connectivity index (χ0v) is 7.88. The third-order valence-corrected chi connectivity index (χ3v) is 2.37. The highest BCUT2D eigenvalue weighted by atomic mass is 35.5. The van der Waals surface area contributed by atoms with E-state index in [9.17, 15) is 0 Å². The Bertz CT molecular complexity index is 312. The van der Waals surface area contributed by atoms with Gasteiger partial charge in [-0.25, -0.2) is 4.98 Å². The minimum atomic E-state index is -0.0410. The minimum Gasteiger partial charge on any atom is -0.392 e. The molecule has 2 N–H and O–H groups in total. The molecule has 1 heterocycles. The first-order chi connectivity index (χ1) is 6.29. The van der Waals surface area contributed by atoms with Crippen LogP contribution >= 0.6 is 11.6 Å². The van der Waals surface area contributed by atoms with E-state index in [4.69, 9.17) is 16.7 Å². The summed E-state index contributed by atoms with van der Waals surface area (Å²) in [4.78, 5) is 4.11. The lowest BCUT2D eigenvalue weighted by atomic mass is 10.3. The Morgan fingerprint density at radius 2 is 2.38 bits per heavy atom. The second-order valence-corrected chi connectivity index (χ2v) is 3.64. The molecule has 3 nitrogen and oxygen atoms in total. The maximum atomic E-state index is 8.95. The van der Waals surface area contributed by atoms with Gasteiger partial charge in [-0.05, 0) is 18.9 Å². The third kappa shape index (κ3) is 2.11. The van der Waals surface area contributed by atoms with Crippen molar-refractivity contribution >= 4 is 17.4 Å². The molecule has 0 saturated heterocycles. The molecule has 1 aliphatic carbocycles. The number of hydrogen-bond donors (Lipinski definition) is 2. The zero-order chi connectivity index (χ0) is 9.26. The molecule has 0 spiro atoms. The number of aliphatic hydroxyl groups is 1. The second kappa shape index (κ2) is 3.52. The van der Waals surface area contributed by atoms with Gasteiger partial charge in [-0.3, -0.25) is 0 Å². The Morgan fingerprint density at radius 1 is 1.62 bits per heavy atom. The molecule has 1 aromatic heterocycles. The highest BCUT2D eigenvalue weighted by Crippen LogP contribution is 2.25. The van der Waals surface area contributed by atoms with E-state index in [0.29, 0.717) is 11.1 Å². The van der Waals surface area contributed by atoms with Gasteiger partial charge in [0.15, 0.2) is 0 Å². The molecular formula is C9H11ClN2O. The summed E-state index contributed by atoms with van der Waals surface area (Å²) in [7, 11) is 0. The first-order valence-corrected chi connectivity index (χ1v) is 4.69. The highest BCUT2D eigenvalue weighted by Gasteiger charge is 2.21. The fourth-order valence-corrected chi connectivity index (χ4v) is 1.28. The molecule has 1 aromatic rings. The van der Waals surface area contributed by atoms with E-state index < -0.39 is 0 Å². The number of halogens is 1. The molecule has 0 bridgehead atoms. The molecule has 13 heavy (non-hydrogen) atoms. The van der Waals surface area contributed by atoms with Crippen molar-refractivity contribution in [2.75, 3.05) is 5.32 Å². The molecule has 1 aliphatic rings. The van der Waals surface area contributed by atoms with E-state index in [1.165, 1.54) is 12.8 Å². The van der Waals surface area contributed by atoms with Gasteiger partial charge in [0.2, 0.25) is 0 Å². The van der Waals surface area contributed by atoms with Crippen molar-refractivity contribution < 1.29 is 5.11 Å². The van der Waals surface area contributed by atoms with Crippen molar-refractivity contribution in [3.8, 4) is 0 Å². The largest absolute Gasteiger partial charge is 0.392 e. The molecule has 0 unspecified atom stereocenters. The van der Waals surface area contributed by atoms with Crippen LogP contribution in [0.2, 0.25) is 5.02 Å². The van der Waals surface area contributed by atoms with Crippen LogP contribution in [-0.2, 0) is 6.61 Å². The van der Waals surface area contributed by atoms with Crippen LogP contribution < -0.4 is 5.32 Å². The summed E-state index contributed by atoms with van der Waals surface area (Å²) < 4.78 is 0. The second-order valence-electron chi connectivity index (χ2n) is 3.24. The SMILES string of the molecule is OCc1cc(NC2CC2)ncc1Cl. The Balaban J connectivity index is 2.16. The number of aromatic nitrogens is 1. The Kier molecular flexibility index (Phi) is 2.38. The molecule has 4 heteroatoms. The van der Waals surface area contributed by atoms with Crippen molar-refractivity contribution in [2.24, 2.45) is 0 Å². The van der Waals surface area contributed by atoms with E-state index in [1.54, 1.807) is 12.3 Å². The van der Waals surface area contributed by atoms with Crippen LogP contribution in [0.15, 0.2) is 12.3 Å². The number of rotatable bonds is 3. The smallest absolute Gasteiger partial charge is 0.126 e. The molecule has 1 fully saturated rings. The number of anilines is 1. The average Bonchev–Trinajstić information content (AvgIpc) is 2.92. The van der Waals surface area contributed by atoms with Crippen molar-refractivity contribution in [1.82, 2.24) is 4.98 Å². The van der Waals surface area contributed by atoms with Crippen LogP contribution in [0.3, 0.4) is 0 Å². The Morgan fingerprint density at radius 3 is 3.00 bits per heavy atom. The highest BCUT2D eigenvalue weighted by molar-refractivity contribution is 6.31. The predicted octanol–water partition coefficient (Wildman–Crippen LogP) is 1.80. The van der Waals surface area contributed by atoms with E-state index in [0.717, 1.165) is 11.4 Å². The van der Waals surface area contributed by atoms with E-state index in [2.05, 4.69) is 10.3 Å². The van der Waals surface area contributed by atoms with Gasteiger partial charge in [0.05, 0.1) is 11.6 Å². The summed E-state index contributed by atoms with van der Waals surface area (Å²) in [5.74, 6) is 0.802. The molecular weight excluding hydrogens is 188 g/mol. The standard InChI is InChI=1S/C9H11ClN2O/c10-8-4-11-9(3-6(8)5-13)12-7-1-2-7/h3-4,7,13H,1-2,5H2,(H,11,12). The van der Waals surface area contributed by atoms with Gasteiger partial charge in [0.1, 0.15) is 5.82 Å². The lowest BCUT2D eigenvalue weighted by molar-refractivity contribution is 0.282. The fraction of sp³-hybridized carbons (Fsp3) is 0.444. The number of pyridine rings is 1. The number of nitrogens with zero attached hydrogens (tertiary/aromatic N) is 1. The lowest BCUT2D eigenvalue weighted by Gasteiger charge is -2.05. The first-order valence-electron chi connectivity index (χ1n) is 4.31. The first kappa shape index (κ1) is 8.78. The van der Waals surface area contributed by atoms with Crippen molar-refractivity contribution in [2.45, 2.75) is 25.5 Å². The third-order valence-electron chi connectivity index (χ3n) is 2.03. The minimum absolute atomic E-state index is 0.0410. The zero-order valence-electron chi connectivity index (χ0n) is 7.13. The topological polar surface area (TPSA) is 45.1 Å². The predicted molar refractivity (Wildman–Crippen MR) is 51.8 cm³/mol. The molecule has 1 saturated carbocycles. The molecule has 0 amide bonds. The summed E-state index contributed by atoms with van der Waals surface area (Å²) >= 11 is 5.80. The molecule has 0 aliphatic heterocycles. The summed E-state index contributed by atoms with van der Waals surface area (Å²) in [6.45, 7) is -0.0410. The molecule has 0 radical (unpaired) electrons. The van der Waals surface area contributed by atoms with E-state index in [-0.39, 0.29) is 6.61 Å². The molecule has 0 aromatic carbocycles. The fourth-order valence-electron chi connectivity index (χ4n) is 1.12. The van der Waals surface area contributed by atoms with Crippen LogP contribution in [0.4, 0.5) is 5.82 Å². The van der Waals surface area contributed by atoms with Gasteiger partial charge in [-0.2, -0.15) is 0 Å². The van der Waals surface area contributed by atoms with Gasteiger partial charge >= 0.3 is 0 Å². The van der Waals surface area contributed by atoms with Crippen LogP contribution in [0, 0.1) is 0 Å². The molecule has 2 rings (SSSR count). The molecule has 70 valence electrons. The summed E-state index contributed by atoms with van der Waals surface area (Å²) in [5, 5.41) is 12.7. The van der Waals surface area contributed by atoms with Gasteiger partial charge < -0.3 is 10.4 Å². The van der Waals surface area contributed by atoms with Crippen LogP contribution in [0.1, 0.15) is 18.4 Å². The van der Waals surface area contributed by atoms with Crippen LogP contribution in [-0.4, -0.2) is 16.1 Å². The van der Waals surface area contributed by atoms with Gasteiger partial charge in [-0.15, -0.1) is 0 Å². The summed E-state index contributed by atoms with van der Waals surface area (Å²) in [6.07, 6.45) is 3.98. The normalized spacial score (nSPS) is 15.8. The van der Waals surface area contributed by atoms with Gasteiger partial charge in [-0.1, -0.05) is 11.6 Å². The number of aliphatic hydroxyl groups excluding tert-OH is 1. The maximum absolute atomic E-state index is 8.95. The van der Waals surface area contributed by atoms with Gasteiger partial charge in [0.25, 0.3) is 0 Å². The monoisotopic (exact) mass is 198 g/mol. The Hall–Kier alpha value is -0.800. The molecule has 0 atom stereocenters. The lowest BCUT2D eigenvalue weighted by Crippen LogP contribution is -2.03. The Labute approximate surface area is 81.8 Å². The van der Waals surface area contributed by atoms with Crippen LogP contribution in [0.25, 0.3) is 0 Å².